The van der Waals surface area contributed by atoms with Crippen LogP contribution in [-0.4, -0.2) is 31.7 Å². The third kappa shape index (κ3) is 1.93. The molecule has 5 heteroatoms. The first-order valence-corrected chi connectivity index (χ1v) is 6.74. The van der Waals surface area contributed by atoms with E-state index in [0.717, 1.165) is 5.06 Å². The van der Waals surface area contributed by atoms with Crippen LogP contribution in [0.25, 0.3) is 0 Å². The molecule has 1 atom stereocenters. The average molecular weight is 283 g/mol. The molecule has 1 aliphatic heterocycles. The molecule has 3 rings (SSSR count). The second-order valence-corrected chi connectivity index (χ2v) is 5.59. The van der Waals surface area contributed by atoms with Crippen LogP contribution in [0.2, 0.25) is 0 Å². The second kappa shape index (κ2) is 4.65. The first kappa shape index (κ1) is 13.7. The number of hydrogen-bond donors (Lipinski definition) is 2. The number of hydrogen-bond acceptors (Lipinski definition) is 5. The highest BCUT2D eigenvalue weighted by Gasteiger charge is 2.56. The molecule has 2 N–H and O–H groups in total. The smallest absolute Gasteiger partial charge is 0.214 e. The van der Waals surface area contributed by atoms with Crippen molar-refractivity contribution in [3.05, 3.63) is 66.0 Å². The largest absolute Gasteiger partial charge is 0.363 e. The number of aromatic nitrogens is 1. The van der Waals surface area contributed by atoms with Gasteiger partial charge in [0.15, 0.2) is 5.84 Å². The van der Waals surface area contributed by atoms with Crippen LogP contribution in [0.3, 0.4) is 0 Å². The maximum Gasteiger partial charge on any atom is 0.214 e. The van der Waals surface area contributed by atoms with Crippen LogP contribution in [0.5, 0.6) is 0 Å². The standard InChI is InChI=1S/C16H17N3O2/c1-15(2)16(20,13-8-4-3-5-9-13)19(21)14(18-15)12-7-6-10-17-11-12/h3-11,20-21H,1-2H3/t16-/m1/s1. The van der Waals surface area contributed by atoms with Gasteiger partial charge in [-0.3, -0.25) is 15.2 Å². The van der Waals surface area contributed by atoms with Crippen molar-refractivity contribution in [1.82, 2.24) is 10.0 Å². The van der Waals surface area contributed by atoms with Crippen molar-refractivity contribution in [2.75, 3.05) is 0 Å². The summed E-state index contributed by atoms with van der Waals surface area (Å²) in [6, 6.07) is 12.6. The van der Waals surface area contributed by atoms with Crippen LogP contribution in [0.15, 0.2) is 59.9 Å². The number of hydroxylamine groups is 2. The van der Waals surface area contributed by atoms with Crippen molar-refractivity contribution in [3.63, 3.8) is 0 Å². The Morgan fingerprint density at radius 2 is 1.76 bits per heavy atom. The Morgan fingerprint density at radius 3 is 2.38 bits per heavy atom. The summed E-state index contributed by atoms with van der Waals surface area (Å²) in [4.78, 5) is 8.54. The van der Waals surface area contributed by atoms with E-state index in [0.29, 0.717) is 17.0 Å². The minimum atomic E-state index is -1.63. The maximum absolute atomic E-state index is 11.1. The molecule has 0 saturated carbocycles. The van der Waals surface area contributed by atoms with E-state index < -0.39 is 11.3 Å². The van der Waals surface area contributed by atoms with E-state index in [1.54, 1.807) is 50.5 Å². The Labute approximate surface area is 123 Å². The van der Waals surface area contributed by atoms with Crippen molar-refractivity contribution < 1.29 is 10.3 Å². The predicted octanol–water partition coefficient (Wildman–Crippen LogP) is 2.16. The Bertz CT molecular complexity index is 670. The van der Waals surface area contributed by atoms with E-state index in [-0.39, 0.29) is 0 Å². The lowest BCUT2D eigenvalue weighted by Crippen LogP contribution is -2.53. The van der Waals surface area contributed by atoms with Gasteiger partial charge in [-0.05, 0) is 26.0 Å². The van der Waals surface area contributed by atoms with Gasteiger partial charge in [0.2, 0.25) is 5.72 Å². The summed E-state index contributed by atoms with van der Waals surface area (Å²) in [5.74, 6) is 0.305. The molecule has 2 aromatic rings. The molecule has 21 heavy (non-hydrogen) atoms. The van der Waals surface area contributed by atoms with Gasteiger partial charge in [-0.15, -0.1) is 0 Å². The van der Waals surface area contributed by atoms with Crippen LogP contribution in [0, 0.1) is 0 Å². The lowest BCUT2D eigenvalue weighted by molar-refractivity contribution is -0.234. The van der Waals surface area contributed by atoms with E-state index in [2.05, 4.69) is 9.98 Å². The lowest BCUT2D eigenvalue weighted by Gasteiger charge is -2.38. The average Bonchev–Trinajstić information content (AvgIpc) is 2.70. The highest BCUT2D eigenvalue weighted by molar-refractivity contribution is 6.00. The summed E-state index contributed by atoms with van der Waals surface area (Å²) in [6.45, 7) is 3.57. The fourth-order valence-electron chi connectivity index (χ4n) is 2.63. The molecule has 1 aliphatic rings. The molecular weight excluding hydrogens is 266 g/mol. The summed E-state index contributed by atoms with van der Waals surface area (Å²) in [5, 5.41) is 22.5. The van der Waals surface area contributed by atoms with E-state index in [1.807, 2.05) is 18.2 Å². The first-order chi connectivity index (χ1) is 9.97. The van der Waals surface area contributed by atoms with E-state index >= 15 is 0 Å². The molecule has 0 saturated heterocycles. The van der Waals surface area contributed by atoms with E-state index in [4.69, 9.17) is 0 Å². The zero-order valence-corrected chi connectivity index (χ0v) is 11.9. The number of benzene rings is 1. The van der Waals surface area contributed by atoms with Gasteiger partial charge < -0.3 is 5.11 Å². The summed E-state index contributed by atoms with van der Waals surface area (Å²) in [6.07, 6.45) is 3.25. The number of aliphatic hydroxyl groups is 1. The molecule has 1 aromatic carbocycles. The zero-order chi connectivity index (χ0) is 15.1. The van der Waals surface area contributed by atoms with Crippen LogP contribution in [0.1, 0.15) is 25.0 Å². The molecule has 0 radical (unpaired) electrons. The van der Waals surface area contributed by atoms with Crippen molar-refractivity contribution in [3.8, 4) is 0 Å². The molecule has 0 amide bonds. The highest BCUT2D eigenvalue weighted by Crippen LogP contribution is 2.43. The van der Waals surface area contributed by atoms with Gasteiger partial charge in [0.05, 0.1) is 0 Å². The third-order valence-electron chi connectivity index (χ3n) is 3.84. The fourth-order valence-corrected chi connectivity index (χ4v) is 2.63. The van der Waals surface area contributed by atoms with Gasteiger partial charge in [-0.1, -0.05) is 30.3 Å². The third-order valence-corrected chi connectivity index (χ3v) is 3.84. The van der Waals surface area contributed by atoms with Crippen LogP contribution in [-0.2, 0) is 5.72 Å². The van der Waals surface area contributed by atoms with E-state index in [1.165, 1.54) is 0 Å². The normalized spacial score (nSPS) is 24.0. The van der Waals surface area contributed by atoms with Crippen molar-refractivity contribution in [1.29, 1.82) is 0 Å². The van der Waals surface area contributed by atoms with Crippen LogP contribution < -0.4 is 0 Å². The Hall–Kier alpha value is -2.24. The van der Waals surface area contributed by atoms with E-state index in [9.17, 15) is 10.3 Å². The molecule has 108 valence electrons. The molecule has 5 nitrogen and oxygen atoms in total. The Morgan fingerprint density at radius 1 is 1.05 bits per heavy atom. The van der Waals surface area contributed by atoms with Crippen molar-refractivity contribution >= 4 is 5.84 Å². The minimum absolute atomic E-state index is 0.305. The van der Waals surface area contributed by atoms with Gasteiger partial charge in [0.25, 0.3) is 0 Å². The molecule has 1 aromatic heterocycles. The van der Waals surface area contributed by atoms with Gasteiger partial charge in [-0.25, -0.2) is 0 Å². The number of pyridine rings is 1. The summed E-state index contributed by atoms with van der Waals surface area (Å²) in [7, 11) is 0. The Balaban J connectivity index is 2.11. The summed E-state index contributed by atoms with van der Waals surface area (Å²) >= 11 is 0. The molecule has 0 aliphatic carbocycles. The molecule has 0 spiro atoms. The van der Waals surface area contributed by atoms with Crippen molar-refractivity contribution in [2.45, 2.75) is 25.1 Å². The number of amidine groups is 1. The topological polar surface area (TPSA) is 69.0 Å². The molecule has 2 heterocycles. The maximum atomic E-state index is 11.1. The second-order valence-electron chi connectivity index (χ2n) is 5.59. The highest BCUT2D eigenvalue weighted by atomic mass is 16.5. The predicted molar refractivity (Wildman–Crippen MR) is 78.8 cm³/mol. The van der Waals surface area contributed by atoms with Crippen LogP contribution >= 0.6 is 0 Å². The van der Waals surface area contributed by atoms with Gasteiger partial charge in [-0.2, -0.15) is 5.06 Å². The molecule has 0 bridgehead atoms. The first-order valence-electron chi connectivity index (χ1n) is 6.74. The summed E-state index contributed by atoms with van der Waals surface area (Å²) < 4.78 is 0. The molecule has 0 unspecified atom stereocenters. The summed E-state index contributed by atoms with van der Waals surface area (Å²) in [5.41, 5.74) is -1.30. The lowest BCUT2D eigenvalue weighted by atomic mass is 9.86. The van der Waals surface area contributed by atoms with Crippen molar-refractivity contribution in [2.24, 2.45) is 4.99 Å². The number of nitrogens with zero attached hydrogens (tertiary/aromatic N) is 3. The quantitative estimate of drug-likeness (QED) is 0.886. The van der Waals surface area contributed by atoms with Gasteiger partial charge in [0.1, 0.15) is 5.54 Å². The van der Waals surface area contributed by atoms with Gasteiger partial charge in [0, 0.05) is 23.5 Å². The van der Waals surface area contributed by atoms with Crippen LogP contribution in [0.4, 0.5) is 0 Å². The molecular formula is C16H17N3O2. The number of rotatable bonds is 2. The molecule has 0 fully saturated rings. The SMILES string of the molecule is CC1(C)N=C(c2cccnc2)N(O)[C@@]1(O)c1ccccc1. The monoisotopic (exact) mass is 283 g/mol. The van der Waals surface area contributed by atoms with Gasteiger partial charge >= 0.3 is 0 Å². The number of aliphatic imine (C=N–C) groups is 1. The zero-order valence-electron chi connectivity index (χ0n) is 11.9. The fraction of sp³-hybridized carbons (Fsp3) is 0.250. The Kier molecular flexibility index (Phi) is 3.04. The minimum Gasteiger partial charge on any atom is -0.363 e.